The van der Waals surface area contributed by atoms with Gasteiger partial charge in [-0.25, -0.2) is 9.50 Å². The first-order valence-corrected chi connectivity index (χ1v) is 11.6. The van der Waals surface area contributed by atoms with Crippen molar-refractivity contribution in [3.05, 3.63) is 94.4 Å². The Morgan fingerprint density at radius 3 is 2.69 bits per heavy atom. The Kier molecular flexibility index (Phi) is 4.86. The average Bonchev–Trinajstić information content (AvgIpc) is 3.32. The molecule has 7 nitrogen and oxygen atoms in total. The maximum absolute atomic E-state index is 14.3. The molecule has 39 heavy (non-hydrogen) atoms. The van der Waals surface area contributed by atoms with Gasteiger partial charge in [0.1, 0.15) is 5.69 Å². The molecule has 0 saturated carbocycles. The first-order chi connectivity index (χ1) is 22.1. The third-order valence-electron chi connectivity index (χ3n) is 5.74. The highest BCUT2D eigenvalue weighted by atomic mass is 19.4. The summed E-state index contributed by atoms with van der Waals surface area (Å²) in [5.74, 6) is 4.93. The number of piperazine rings is 1. The van der Waals surface area contributed by atoms with E-state index in [1.165, 1.54) is 22.8 Å². The van der Waals surface area contributed by atoms with Crippen molar-refractivity contribution in [2.24, 2.45) is 0 Å². The second kappa shape index (κ2) is 10.9. The molecule has 0 unspecified atom stereocenters. The van der Waals surface area contributed by atoms with E-state index in [4.69, 9.17) is 12.3 Å². The fourth-order valence-corrected chi connectivity index (χ4v) is 3.72. The molecule has 5 rings (SSSR count). The van der Waals surface area contributed by atoms with Crippen LogP contribution >= 0.6 is 0 Å². The molecular formula is C29H27F3N6O. The second-order valence-corrected chi connectivity index (χ2v) is 8.56. The highest BCUT2D eigenvalue weighted by Gasteiger charge is 2.34. The fourth-order valence-electron chi connectivity index (χ4n) is 3.72. The quantitative estimate of drug-likeness (QED) is 0.387. The number of aryl methyl sites for hydroxylation is 1. The number of halogens is 3. The number of carbonyl (C=O) groups excluding carboxylic acids is 1. The van der Waals surface area contributed by atoms with E-state index in [0.717, 1.165) is 19.2 Å². The Balaban J connectivity index is 1.44. The molecular weight excluding hydrogens is 505 g/mol. The van der Waals surface area contributed by atoms with Gasteiger partial charge in [-0.2, -0.15) is 18.3 Å². The predicted octanol–water partition coefficient (Wildman–Crippen LogP) is 4.46. The molecule has 4 aromatic rings. The summed E-state index contributed by atoms with van der Waals surface area (Å²) in [6.07, 6.45) is -3.67. The van der Waals surface area contributed by atoms with E-state index in [0.29, 0.717) is 22.8 Å². The minimum atomic E-state index is -5.07. The van der Waals surface area contributed by atoms with Crippen molar-refractivity contribution in [3.8, 4) is 11.8 Å². The number of nitrogens with one attached hydrogen (secondary N) is 1. The standard InChI is InChI=1S/C29H27F3N6O/c1-20-5-6-22(16-21(20)8-10-25-18-33-27-4-3-11-34-38(25)27)28(39)35-24-9-7-23(26(17-24)29(30,31)32)19-37-14-12-36(2)13-15-37/h3-7,9,11,16-18H,12-15,19H2,1-2H3,(H,35,39)/i12D2,13D2,14D2,15D2,18D. The highest BCUT2D eigenvalue weighted by molar-refractivity contribution is 6.04. The van der Waals surface area contributed by atoms with Crippen LogP contribution in [-0.2, 0) is 12.7 Å². The number of amides is 1. The molecule has 2 aromatic carbocycles. The Bertz CT molecular complexity index is 1960. The molecule has 1 aliphatic rings. The second-order valence-electron chi connectivity index (χ2n) is 8.56. The van der Waals surface area contributed by atoms with Gasteiger partial charge in [0.2, 0.25) is 0 Å². The van der Waals surface area contributed by atoms with Gasteiger partial charge in [0.25, 0.3) is 5.91 Å². The van der Waals surface area contributed by atoms with Crippen LogP contribution in [0.15, 0.2) is 60.9 Å². The van der Waals surface area contributed by atoms with Gasteiger partial charge in [-0.3, -0.25) is 9.69 Å². The van der Waals surface area contributed by atoms with Crippen LogP contribution in [0.25, 0.3) is 5.65 Å². The number of aromatic nitrogens is 3. The van der Waals surface area contributed by atoms with Crippen LogP contribution < -0.4 is 5.32 Å². The number of fused-ring (bicyclic) bond motifs is 1. The van der Waals surface area contributed by atoms with Crippen molar-refractivity contribution in [3.63, 3.8) is 0 Å². The highest BCUT2D eigenvalue weighted by Crippen LogP contribution is 2.34. The van der Waals surface area contributed by atoms with Crippen LogP contribution in [-0.4, -0.2) is 63.3 Å². The van der Waals surface area contributed by atoms with Crippen LogP contribution in [0.4, 0.5) is 18.9 Å². The normalized spacial score (nSPS) is 23.3. The van der Waals surface area contributed by atoms with Gasteiger partial charge in [-0.15, -0.1) is 0 Å². The first kappa shape index (κ1) is 17.4. The summed E-state index contributed by atoms with van der Waals surface area (Å²) in [6.45, 7) is -12.3. The largest absolute Gasteiger partial charge is 0.416 e. The molecule has 1 N–H and O–H groups in total. The van der Waals surface area contributed by atoms with E-state index in [9.17, 15) is 18.0 Å². The van der Waals surface area contributed by atoms with Gasteiger partial charge in [-0.1, -0.05) is 18.1 Å². The molecule has 200 valence electrons. The molecule has 0 radical (unpaired) electrons. The number of hydrogen-bond donors (Lipinski definition) is 1. The number of rotatable bonds is 4. The summed E-state index contributed by atoms with van der Waals surface area (Å²) in [4.78, 5) is 17.6. The molecule has 2 aromatic heterocycles. The van der Waals surface area contributed by atoms with Gasteiger partial charge < -0.3 is 10.2 Å². The van der Waals surface area contributed by atoms with E-state index in [1.54, 1.807) is 25.1 Å². The van der Waals surface area contributed by atoms with Crippen molar-refractivity contribution in [2.45, 2.75) is 19.6 Å². The summed E-state index contributed by atoms with van der Waals surface area (Å²) in [5, 5.41) is 6.52. The summed E-state index contributed by atoms with van der Waals surface area (Å²) in [5.41, 5.74) is -0.581. The number of carbonyl (C=O) groups is 1. The molecule has 0 bridgehead atoms. The van der Waals surface area contributed by atoms with Crippen molar-refractivity contribution in [1.82, 2.24) is 24.4 Å². The van der Waals surface area contributed by atoms with Gasteiger partial charge >= 0.3 is 6.18 Å². The zero-order valence-electron chi connectivity index (χ0n) is 29.7. The van der Waals surface area contributed by atoms with Crippen LogP contribution in [0.3, 0.4) is 0 Å². The van der Waals surface area contributed by atoms with Gasteiger partial charge in [0.15, 0.2) is 5.65 Å². The van der Waals surface area contributed by atoms with Crippen LogP contribution in [0.5, 0.6) is 0 Å². The van der Waals surface area contributed by atoms with Crippen molar-refractivity contribution in [1.29, 1.82) is 0 Å². The average molecular weight is 542 g/mol. The Morgan fingerprint density at radius 2 is 1.92 bits per heavy atom. The maximum Gasteiger partial charge on any atom is 0.416 e. The lowest BCUT2D eigenvalue weighted by Crippen LogP contribution is -2.44. The van der Waals surface area contributed by atoms with E-state index >= 15 is 0 Å². The molecule has 1 saturated heterocycles. The number of nitrogens with zero attached hydrogens (tertiary/aromatic N) is 5. The molecule has 1 amide bonds. The summed E-state index contributed by atoms with van der Waals surface area (Å²) < 4.78 is 118. The molecule has 1 fully saturated rings. The monoisotopic (exact) mass is 541 g/mol. The summed E-state index contributed by atoms with van der Waals surface area (Å²) >= 11 is 0. The third-order valence-corrected chi connectivity index (χ3v) is 5.74. The van der Waals surface area contributed by atoms with Crippen LogP contribution in [0.2, 0.25) is 0 Å². The smallest absolute Gasteiger partial charge is 0.322 e. The lowest BCUT2D eigenvalue weighted by atomic mass is 10.0. The fraction of sp³-hybridized carbons (Fsp3) is 0.276. The zero-order chi connectivity index (χ0) is 35.6. The summed E-state index contributed by atoms with van der Waals surface area (Å²) in [6, 6.07) is 10.3. The number of imidazole rings is 1. The Labute approximate surface area is 236 Å². The van der Waals surface area contributed by atoms with Gasteiger partial charge in [0.05, 0.1) is 13.1 Å². The Hall–Kier alpha value is -4.20. The summed E-state index contributed by atoms with van der Waals surface area (Å²) in [7, 11) is 0.849. The van der Waals surface area contributed by atoms with Gasteiger partial charge in [0, 0.05) is 66.5 Å². The SMILES string of the molecule is [2H]c1nc2cccnn2c1C#Cc1cc(C(=O)Nc2ccc(CN3C([2H])([2H])C([2H])([2H])N(C)C([2H])([2H])C3([2H])[2H])c(C(F)(F)F)c2)ccc1C. The predicted molar refractivity (Wildman–Crippen MR) is 142 cm³/mol. The van der Waals surface area contributed by atoms with E-state index < -0.39 is 55.7 Å². The molecule has 0 aliphatic carbocycles. The number of benzene rings is 2. The van der Waals surface area contributed by atoms with Crippen molar-refractivity contribution in [2.75, 3.05) is 38.4 Å². The lowest BCUT2D eigenvalue weighted by Gasteiger charge is -2.33. The molecule has 10 heteroatoms. The molecule has 3 heterocycles. The molecule has 0 atom stereocenters. The first-order valence-electron chi connectivity index (χ1n) is 16.1. The van der Waals surface area contributed by atoms with E-state index in [2.05, 4.69) is 27.2 Å². The number of anilines is 1. The van der Waals surface area contributed by atoms with Crippen LogP contribution in [0.1, 0.15) is 50.6 Å². The number of alkyl halides is 3. The minimum Gasteiger partial charge on any atom is -0.322 e. The number of likely N-dealkylation sites (N-methyl/N-ethyl adjacent to an activating group) is 1. The lowest BCUT2D eigenvalue weighted by molar-refractivity contribution is -0.138. The van der Waals surface area contributed by atoms with E-state index in [-0.39, 0.29) is 32.9 Å². The number of hydrogen-bond acceptors (Lipinski definition) is 5. The van der Waals surface area contributed by atoms with E-state index in [1.807, 2.05) is 0 Å². The molecule has 1 aliphatic heterocycles. The topological polar surface area (TPSA) is 65.8 Å². The van der Waals surface area contributed by atoms with Crippen molar-refractivity contribution >= 4 is 17.2 Å². The van der Waals surface area contributed by atoms with Crippen molar-refractivity contribution < 1.29 is 30.3 Å². The maximum atomic E-state index is 14.3. The minimum absolute atomic E-state index is 0.0493. The Morgan fingerprint density at radius 1 is 1.13 bits per heavy atom. The zero-order valence-corrected chi connectivity index (χ0v) is 20.7. The third kappa shape index (κ3) is 6.11. The molecule has 0 spiro atoms. The van der Waals surface area contributed by atoms with Crippen LogP contribution in [0, 0.1) is 18.8 Å². The van der Waals surface area contributed by atoms with Gasteiger partial charge in [-0.05, 0) is 67.4 Å².